The Kier molecular flexibility index (Phi) is 4.97. The summed E-state index contributed by atoms with van der Waals surface area (Å²) >= 11 is 0. The number of piperidine rings is 1. The van der Waals surface area contributed by atoms with Gasteiger partial charge in [-0.1, -0.05) is 0 Å². The van der Waals surface area contributed by atoms with Crippen molar-refractivity contribution in [3.8, 4) is 0 Å². The minimum Gasteiger partial charge on any atom is -0.464 e. The quantitative estimate of drug-likeness (QED) is 0.802. The number of nitrogens with zero attached hydrogens (tertiary/aromatic N) is 4. The number of methoxy groups -OCH3 is 1. The highest BCUT2D eigenvalue weighted by molar-refractivity contribution is 5.95. The molecule has 2 amide bonds. The van der Waals surface area contributed by atoms with Crippen molar-refractivity contribution in [2.24, 2.45) is 5.73 Å². The molecule has 0 radical (unpaired) electrons. The number of pyridine rings is 1. The Morgan fingerprint density at radius 1 is 1.15 bits per heavy atom. The van der Waals surface area contributed by atoms with Gasteiger partial charge in [-0.25, -0.2) is 4.79 Å². The number of esters is 1. The average Bonchev–Trinajstić information content (AvgIpc) is 3.17. The third-order valence-corrected chi connectivity index (χ3v) is 4.40. The molecule has 9 nitrogen and oxygen atoms in total. The van der Waals surface area contributed by atoms with E-state index in [0.29, 0.717) is 25.9 Å². The molecule has 0 aliphatic carbocycles. The molecular formula is C17H19N5O4. The number of carbonyl (C=O) groups excluding carboxylic acids is 3. The van der Waals surface area contributed by atoms with Crippen LogP contribution in [0.4, 0.5) is 0 Å². The predicted octanol–water partition coefficient (Wildman–Crippen LogP) is 0.641. The molecule has 0 aromatic carbocycles. The molecule has 136 valence electrons. The number of hydrogen-bond acceptors (Lipinski definition) is 6. The number of nitrogens with two attached hydrogens (primary N) is 1. The second kappa shape index (κ2) is 7.34. The molecule has 3 rings (SSSR count). The molecule has 2 N–H and O–H groups in total. The molecule has 2 aromatic rings. The fourth-order valence-electron chi connectivity index (χ4n) is 2.92. The Balaban J connectivity index is 1.61. The van der Waals surface area contributed by atoms with E-state index >= 15 is 0 Å². The number of carbonyl (C=O) groups is 3. The maximum atomic E-state index is 12.5. The van der Waals surface area contributed by atoms with Crippen LogP contribution >= 0.6 is 0 Å². The van der Waals surface area contributed by atoms with E-state index in [1.54, 1.807) is 21.8 Å². The normalized spacial score (nSPS) is 14.9. The smallest absolute Gasteiger partial charge is 0.358 e. The average molecular weight is 357 g/mol. The van der Waals surface area contributed by atoms with E-state index in [4.69, 9.17) is 5.73 Å². The van der Waals surface area contributed by atoms with Gasteiger partial charge in [0.25, 0.3) is 5.91 Å². The SMILES string of the molecule is COC(=O)c1ccn(C2CCN(C(=O)c3ccc(C(N)=O)cn3)CC2)n1. The van der Waals surface area contributed by atoms with Crippen LogP contribution in [0, 0.1) is 0 Å². The lowest BCUT2D eigenvalue weighted by molar-refractivity contribution is 0.0592. The second-order valence-corrected chi connectivity index (χ2v) is 5.99. The molecule has 1 fully saturated rings. The highest BCUT2D eigenvalue weighted by Crippen LogP contribution is 2.23. The standard InChI is InChI=1S/C17H19N5O4/c1-26-17(25)14-6-9-22(20-14)12-4-7-21(8-5-12)16(24)13-3-2-11(10-19-13)15(18)23/h2-3,6,9-10,12H,4-5,7-8H2,1H3,(H2,18,23). The summed E-state index contributed by atoms with van der Waals surface area (Å²) in [5.41, 5.74) is 5.98. The van der Waals surface area contributed by atoms with Crippen LogP contribution in [0.2, 0.25) is 0 Å². The Hall–Kier alpha value is -3.23. The van der Waals surface area contributed by atoms with Gasteiger partial charge in [0.2, 0.25) is 5.91 Å². The number of rotatable bonds is 4. The first-order valence-electron chi connectivity index (χ1n) is 8.18. The van der Waals surface area contributed by atoms with Crippen molar-refractivity contribution >= 4 is 17.8 Å². The Morgan fingerprint density at radius 3 is 2.46 bits per heavy atom. The van der Waals surface area contributed by atoms with E-state index in [0.717, 1.165) is 0 Å². The van der Waals surface area contributed by atoms with Crippen molar-refractivity contribution < 1.29 is 19.1 Å². The molecule has 1 aliphatic rings. The van der Waals surface area contributed by atoms with Crippen molar-refractivity contribution in [1.82, 2.24) is 19.7 Å². The van der Waals surface area contributed by atoms with Gasteiger partial charge >= 0.3 is 5.97 Å². The van der Waals surface area contributed by atoms with Crippen molar-refractivity contribution in [3.05, 3.63) is 47.5 Å². The molecule has 1 aliphatic heterocycles. The zero-order valence-corrected chi connectivity index (χ0v) is 14.3. The van der Waals surface area contributed by atoms with Crippen molar-refractivity contribution in [1.29, 1.82) is 0 Å². The zero-order valence-electron chi connectivity index (χ0n) is 14.3. The van der Waals surface area contributed by atoms with Gasteiger partial charge in [-0.15, -0.1) is 0 Å². The van der Waals surface area contributed by atoms with Crippen molar-refractivity contribution in [3.63, 3.8) is 0 Å². The fraction of sp³-hybridized carbons (Fsp3) is 0.353. The third-order valence-electron chi connectivity index (χ3n) is 4.40. The molecular weight excluding hydrogens is 338 g/mol. The van der Waals surface area contributed by atoms with Gasteiger partial charge in [-0.05, 0) is 31.0 Å². The lowest BCUT2D eigenvalue weighted by atomic mass is 10.0. The van der Waals surface area contributed by atoms with E-state index in [9.17, 15) is 14.4 Å². The summed E-state index contributed by atoms with van der Waals surface area (Å²) in [6.45, 7) is 1.10. The Bertz CT molecular complexity index is 822. The summed E-state index contributed by atoms with van der Waals surface area (Å²) < 4.78 is 6.40. The van der Waals surface area contributed by atoms with Crippen LogP contribution < -0.4 is 5.73 Å². The number of ether oxygens (including phenoxy) is 1. The Morgan fingerprint density at radius 2 is 1.88 bits per heavy atom. The molecule has 1 saturated heterocycles. The summed E-state index contributed by atoms with van der Waals surface area (Å²) in [5, 5.41) is 4.24. The number of aromatic nitrogens is 3. The van der Waals surface area contributed by atoms with Crippen LogP contribution in [0.1, 0.15) is 50.2 Å². The summed E-state index contributed by atoms with van der Waals surface area (Å²) in [6, 6.07) is 4.73. The number of likely N-dealkylation sites (tertiary alicyclic amines) is 1. The molecule has 0 bridgehead atoms. The summed E-state index contributed by atoms with van der Waals surface area (Å²) in [5.74, 6) is -1.24. The van der Waals surface area contributed by atoms with Crippen LogP contribution in [-0.2, 0) is 4.74 Å². The molecule has 0 saturated carbocycles. The van der Waals surface area contributed by atoms with Gasteiger partial charge < -0.3 is 15.4 Å². The van der Waals surface area contributed by atoms with Crippen molar-refractivity contribution in [2.75, 3.05) is 20.2 Å². The van der Waals surface area contributed by atoms with Crippen LogP contribution in [0.5, 0.6) is 0 Å². The lowest BCUT2D eigenvalue weighted by Crippen LogP contribution is -2.39. The molecule has 0 spiro atoms. The first-order chi connectivity index (χ1) is 12.5. The molecule has 26 heavy (non-hydrogen) atoms. The lowest BCUT2D eigenvalue weighted by Gasteiger charge is -2.31. The second-order valence-electron chi connectivity index (χ2n) is 5.99. The van der Waals surface area contributed by atoms with Crippen LogP contribution in [-0.4, -0.2) is 57.6 Å². The van der Waals surface area contributed by atoms with Gasteiger partial charge in [0, 0.05) is 25.5 Å². The van der Waals surface area contributed by atoms with Crippen LogP contribution in [0.15, 0.2) is 30.6 Å². The molecule has 0 atom stereocenters. The van der Waals surface area contributed by atoms with Crippen LogP contribution in [0.25, 0.3) is 0 Å². The molecule has 9 heteroatoms. The molecule has 2 aromatic heterocycles. The number of amides is 2. The minimum absolute atomic E-state index is 0.114. The Labute approximate surface area is 149 Å². The first kappa shape index (κ1) is 17.6. The van der Waals surface area contributed by atoms with Gasteiger partial charge in [-0.3, -0.25) is 19.3 Å². The van der Waals surface area contributed by atoms with Crippen LogP contribution in [0.3, 0.4) is 0 Å². The first-order valence-corrected chi connectivity index (χ1v) is 8.18. The summed E-state index contributed by atoms with van der Waals surface area (Å²) in [4.78, 5) is 40.8. The molecule has 0 unspecified atom stereocenters. The van der Waals surface area contributed by atoms with Gasteiger partial charge in [0.05, 0.1) is 18.7 Å². The van der Waals surface area contributed by atoms with Crippen molar-refractivity contribution in [2.45, 2.75) is 18.9 Å². The van der Waals surface area contributed by atoms with E-state index in [-0.39, 0.29) is 28.9 Å². The highest BCUT2D eigenvalue weighted by atomic mass is 16.5. The third kappa shape index (κ3) is 3.56. The number of hydrogen-bond donors (Lipinski definition) is 1. The van der Waals surface area contributed by atoms with E-state index in [2.05, 4.69) is 14.8 Å². The molecule has 3 heterocycles. The van der Waals surface area contributed by atoms with Gasteiger partial charge in [-0.2, -0.15) is 5.10 Å². The predicted molar refractivity (Wildman–Crippen MR) is 90.5 cm³/mol. The summed E-state index contributed by atoms with van der Waals surface area (Å²) in [6.07, 6.45) is 4.49. The topological polar surface area (TPSA) is 120 Å². The van der Waals surface area contributed by atoms with Gasteiger partial charge in [0.1, 0.15) is 5.69 Å². The van der Waals surface area contributed by atoms with E-state index in [1.165, 1.54) is 25.4 Å². The monoisotopic (exact) mass is 357 g/mol. The largest absolute Gasteiger partial charge is 0.464 e. The van der Waals surface area contributed by atoms with Gasteiger partial charge in [0.15, 0.2) is 5.69 Å². The summed E-state index contributed by atoms with van der Waals surface area (Å²) in [7, 11) is 1.31. The zero-order chi connectivity index (χ0) is 18.7. The fourth-order valence-corrected chi connectivity index (χ4v) is 2.92. The van der Waals surface area contributed by atoms with E-state index < -0.39 is 11.9 Å². The minimum atomic E-state index is -0.581. The van der Waals surface area contributed by atoms with E-state index in [1.807, 2.05) is 0 Å². The maximum Gasteiger partial charge on any atom is 0.358 e. The number of primary amides is 1. The highest BCUT2D eigenvalue weighted by Gasteiger charge is 2.26. The maximum absolute atomic E-state index is 12.5.